The number of benzene rings is 1. The highest BCUT2D eigenvalue weighted by Gasteiger charge is 2.14. The molecule has 0 saturated heterocycles. The van der Waals surface area contributed by atoms with E-state index in [0.29, 0.717) is 0 Å². The van der Waals surface area contributed by atoms with Crippen LogP contribution in [0.4, 0.5) is 5.69 Å². The van der Waals surface area contributed by atoms with Crippen LogP contribution in [0.1, 0.15) is 12.5 Å². The van der Waals surface area contributed by atoms with Crippen LogP contribution in [-0.2, 0) is 11.2 Å². The van der Waals surface area contributed by atoms with E-state index in [1.807, 2.05) is 18.2 Å². The second-order valence-electron chi connectivity index (χ2n) is 3.53. The molecule has 4 heteroatoms. The van der Waals surface area contributed by atoms with Gasteiger partial charge >= 0.3 is 0 Å². The van der Waals surface area contributed by atoms with E-state index in [1.54, 1.807) is 6.92 Å². The van der Waals surface area contributed by atoms with Crippen LogP contribution < -0.4 is 10.1 Å². The lowest BCUT2D eigenvalue weighted by molar-refractivity contribution is -0.115. The Bertz CT molecular complexity index is 390. The van der Waals surface area contributed by atoms with Gasteiger partial charge in [-0.05, 0) is 30.7 Å². The average molecular weight is 270 g/mol. The molecule has 15 heavy (non-hydrogen) atoms. The summed E-state index contributed by atoms with van der Waals surface area (Å²) in [5, 5.41) is 2.83. The fraction of sp³-hybridized carbons (Fsp3) is 0.364. The van der Waals surface area contributed by atoms with Crippen molar-refractivity contribution in [2.24, 2.45) is 0 Å². The molecule has 0 fully saturated rings. The molecule has 1 aromatic rings. The second kappa shape index (κ2) is 4.23. The van der Waals surface area contributed by atoms with Crippen molar-refractivity contribution >= 4 is 27.5 Å². The number of carbonyl (C=O) groups excluding carboxylic acids is 1. The molecule has 80 valence electrons. The highest BCUT2D eigenvalue weighted by molar-refractivity contribution is 9.10. The maximum Gasteiger partial charge on any atom is 0.237 e. The van der Waals surface area contributed by atoms with Gasteiger partial charge in [-0.25, -0.2) is 0 Å². The van der Waals surface area contributed by atoms with Crippen LogP contribution >= 0.6 is 15.9 Å². The number of alkyl halides is 1. The molecule has 0 bridgehead atoms. The van der Waals surface area contributed by atoms with Crippen molar-refractivity contribution in [2.75, 3.05) is 11.9 Å². The first-order valence-corrected chi connectivity index (χ1v) is 5.79. The number of ether oxygens (including phenoxy) is 1. The Labute approximate surface area is 96.9 Å². The minimum atomic E-state index is -0.179. The van der Waals surface area contributed by atoms with Crippen molar-refractivity contribution in [3.8, 4) is 5.75 Å². The van der Waals surface area contributed by atoms with E-state index >= 15 is 0 Å². The Kier molecular flexibility index (Phi) is 2.95. The molecule has 2 rings (SSSR count). The zero-order valence-electron chi connectivity index (χ0n) is 8.42. The zero-order chi connectivity index (χ0) is 10.8. The van der Waals surface area contributed by atoms with E-state index in [4.69, 9.17) is 4.74 Å². The van der Waals surface area contributed by atoms with Crippen molar-refractivity contribution in [1.29, 1.82) is 0 Å². The van der Waals surface area contributed by atoms with Crippen LogP contribution in [0.15, 0.2) is 18.2 Å². The number of hydrogen-bond acceptors (Lipinski definition) is 2. The van der Waals surface area contributed by atoms with Gasteiger partial charge in [0, 0.05) is 12.1 Å². The average Bonchev–Trinajstić information content (AvgIpc) is 2.64. The zero-order valence-corrected chi connectivity index (χ0v) is 10.0. The summed E-state index contributed by atoms with van der Waals surface area (Å²) in [6.07, 6.45) is 0.920. The summed E-state index contributed by atoms with van der Waals surface area (Å²) >= 11 is 3.22. The van der Waals surface area contributed by atoms with Crippen LogP contribution in [0.25, 0.3) is 0 Å². The third-order valence-electron chi connectivity index (χ3n) is 2.32. The van der Waals surface area contributed by atoms with Crippen molar-refractivity contribution in [3.05, 3.63) is 23.8 Å². The number of hydrogen-bond donors (Lipinski definition) is 1. The highest BCUT2D eigenvalue weighted by atomic mass is 79.9. The maximum absolute atomic E-state index is 11.4. The number of anilines is 1. The molecule has 1 aliphatic heterocycles. The van der Waals surface area contributed by atoms with Gasteiger partial charge in [0.05, 0.1) is 11.4 Å². The lowest BCUT2D eigenvalue weighted by Gasteiger charge is -2.07. The topological polar surface area (TPSA) is 38.3 Å². The molecule has 0 aromatic heterocycles. The van der Waals surface area contributed by atoms with Crippen molar-refractivity contribution in [1.82, 2.24) is 0 Å². The van der Waals surface area contributed by atoms with Crippen molar-refractivity contribution in [2.45, 2.75) is 18.2 Å². The van der Waals surface area contributed by atoms with Gasteiger partial charge in [-0.15, -0.1) is 0 Å². The van der Waals surface area contributed by atoms with Gasteiger partial charge in [0.25, 0.3) is 0 Å². The van der Waals surface area contributed by atoms with E-state index in [0.717, 1.165) is 30.0 Å². The maximum atomic E-state index is 11.4. The van der Waals surface area contributed by atoms with Gasteiger partial charge in [0.1, 0.15) is 5.75 Å². The molecule has 1 amide bonds. The first-order valence-electron chi connectivity index (χ1n) is 4.87. The van der Waals surface area contributed by atoms with E-state index in [-0.39, 0.29) is 10.7 Å². The largest absolute Gasteiger partial charge is 0.493 e. The van der Waals surface area contributed by atoms with E-state index in [9.17, 15) is 4.79 Å². The lowest BCUT2D eigenvalue weighted by atomic mass is 10.1. The van der Waals surface area contributed by atoms with Crippen molar-refractivity contribution < 1.29 is 9.53 Å². The smallest absolute Gasteiger partial charge is 0.237 e. The number of amides is 1. The minimum absolute atomic E-state index is 0.0335. The molecule has 1 aliphatic rings. The number of rotatable bonds is 2. The monoisotopic (exact) mass is 269 g/mol. The minimum Gasteiger partial charge on any atom is -0.493 e. The van der Waals surface area contributed by atoms with Crippen LogP contribution in [0, 0.1) is 0 Å². The Morgan fingerprint density at radius 1 is 1.60 bits per heavy atom. The molecule has 1 heterocycles. The van der Waals surface area contributed by atoms with Crippen LogP contribution in [0.3, 0.4) is 0 Å². The van der Waals surface area contributed by atoms with Crippen LogP contribution in [0.2, 0.25) is 0 Å². The van der Waals surface area contributed by atoms with Gasteiger partial charge in [-0.3, -0.25) is 4.79 Å². The summed E-state index contributed by atoms with van der Waals surface area (Å²) in [6, 6.07) is 5.73. The molecule has 3 nitrogen and oxygen atoms in total. The molecule has 1 aromatic carbocycles. The van der Waals surface area contributed by atoms with Gasteiger partial charge in [-0.1, -0.05) is 15.9 Å². The first kappa shape index (κ1) is 10.5. The number of fused-ring (bicyclic) bond motifs is 1. The summed E-state index contributed by atoms with van der Waals surface area (Å²) in [7, 11) is 0. The molecule has 1 atom stereocenters. The number of carbonyl (C=O) groups is 1. The molecule has 0 radical (unpaired) electrons. The first-order chi connectivity index (χ1) is 7.16. The van der Waals surface area contributed by atoms with Gasteiger partial charge in [-0.2, -0.15) is 0 Å². The SMILES string of the molecule is CC(Br)C(=O)Nc1ccc2c(c1)CCO2. The van der Waals surface area contributed by atoms with E-state index in [2.05, 4.69) is 21.2 Å². The Hall–Kier alpha value is -1.03. The summed E-state index contributed by atoms with van der Waals surface area (Å²) in [4.78, 5) is 11.2. The van der Waals surface area contributed by atoms with Crippen molar-refractivity contribution in [3.63, 3.8) is 0 Å². The highest BCUT2D eigenvalue weighted by Crippen LogP contribution is 2.27. The lowest BCUT2D eigenvalue weighted by Crippen LogP contribution is -2.19. The second-order valence-corrected chi connectivity index (χ2v) is 4.90. The Morgan fingerprint density at radius 3 is 3.13 bits per heavy atom. The fourth-order valence-electron chi connectivity index (χ4n) is 1.51. The Morgan fingerprint density at radius 2 is 2.40 bits per heavy atom. The molecular formula is C11H12BrNO2. The quantitative estimate of drug-likeness (QED) is 0.838. The summed E-state index contributed by atoms with van der Waals surface area (Å²) in [5.41, 5.74) is 1.99. The summed E-state index contributed by atoms with van der Waals surface area (Å²) < 4.78 is 5.38. The van der Waals surface area contributed by atoms with E-state index < -0.39 is 0 Å². The normalized spacial score (nSPS) is 15.3. The molecule has 0 aliphatic carbocycles. The summed E-state index contributed by atoms with van der Waals surface area (Å²) in [5.74, 6) is 0.897. The molecule has 0 spiro atoms. The van der Waals surface area contributed by atoms with Crippen LogP contribution in [-0.4, -0.2) is 17.3 Å². The number of halogens is 1. The van der Waals surface area contributed by atoms with E-state index in [1.165, 1.54) is 0 Å². The molecular weight excluding hydrogens is 258 g/mol. The Balaban J connectivity index is 2.13. The fourth-order valence-corrected chi connectivity index (χ4v) is 1.62. The third-order valence-corrected chi connectivity index (χ3v) is 2.73. The van der Waals surface area contributed by atoms with Gasteiger partial charge in [0.15, 0.2) is 0 Å². The predicted octanol–water partition coefficient (Wildman–Crippen LogP) is 2.34. The van der Waals surface area contributed by atoms with Crippen LogP contribution in [0.5, 0.6) is 5.75 Å². The molecule has 1 N–H and O–H groups in total. The van der Waals surface area contributed by atoms with Gasteiger partial charge in [0.2, 0.25) is 5.91 Å². The summed E-state index contributed by atoms with van der Waals surface area (Å²) in [6.45, 7) is 2.54. The third kappa shape index (κ3) is 2.31. The molecule has 1 unspecified atom stereocenters. The standard InChI is InChI=1S/C11H12BrNO2/c1-7(12)11(14)13-9-2-3-10-8(6-9)4-5-15-10/h2-3,6-7H,4-5H2,1H3,(H,13,14). The van der Waals surface area contributed by atoms with Gasteiger partial charge < -0.3 is 10.1 Å². The number of nitrogens with one attached hydrogen (secondary N) is 1. The predicted molar refractivity (Wildman–Crippen MR) is 62.7 cm³/mol. The molecule has 0 saturated carbocycles.